The molecule has 0 saturated heterocycles. The van der Waals surface area contributed by atoms with Crippen LogP contribution in [0.3, 0.4) is 0 Å². The third-order valence-electron chi connectivity index (χ3n) is 4.86. The van der Waals surface area contributed by atoms with Crippen LogP contribution in [-0.2, 0) is 0 Å². The summed E-state index contributed by atoms with van der Waals surface area (Å²) in [5.74, 6) is 1.51. The second-order valence-corrected chi connectivity index (χ2v) is 5.69. The lowest BCUT2D eigenvalue weighted by Crippen LogP contribution is -2.20. The Bertz CT molecular complexity index is 451. The second kappa shape index (κ2) is 3.87. The molecule has 0 radical (unpaired) electrons. The smallest absolute Gasteiger partial charge is 0.00463 e. The Morgan fingerprint density at radius 1 is 1.35 bits per heavy atom. The van der Waals surface area contributed by atoms with Crippen LogP contribution in [0, 0.1) is 11.3 Å². The zero-order valence-electron chi connectivity index (χ0n) is 10.5. The molecule has 1 saturated carbocycles. The van der Waals surface area contributed by atoms with E-state index in [2.05, 4.69) is 49.9 Å². The maximum absolute atomic E-state index is 3.81. The second-order valence-electron chi connectivity index (χ2n) is 5.69. The van der Waals surface area contributed by atoms with Gasteiger partial charge >= 0.3 is 0 Å². The minimum Gasteiger partial charge on any atom is -0.0985 e. The number of hydrogen-bond acceptors (Lipinski definition) is 0. The zero-order valence-corrected chi connectivity index (χ0v) is 10.5. The fourth-order valence-corrected chi connectivity index (χ4v) is 3.58. The highest BCUT2D eigenvalue weighted by Crippen LogP contribution is 2.56. The van der Waals surface area contributed by atoms with Crippen molar-refractivity contribution in [2.24, 2.45) is 11.3 Å². The van der Waals surface area contributed by atoms with Crippen molar-refractivity contribution in [3.05, 3.63) is 54.1 Å². The van der Waals surface area contributed by atoms with Crippen molar-refractivity contribution in [1.29, 1.82) is 0 Å². The molecule has 3 unspecified atom stereocenters. The van der Waals surface area contributed by atoms with Gasteiger partial charge in [-0.05, 0) is 47.6 Å². The first-order valence-corrected chi connectivity index (χ1v) is 6.65. The molecule has 0 spiro atoms. The van der Waals surface area contributed by atoms with Gasteiger partial charge in [0.05, 0.1) is 0 Å². The lowest BCUT2D eigenvalue weighted by molar-refractivity contribution is 0.334. The summed E-state index contributed by atoms with van der Waals surface area (Å²) >= 11 is 0. The van der Waals surface area contributed by atoms with E-state index in [-0.39, 0.29) is 0 Å². The van der Waals surface area contributed by atoms with Crippen LogP contribution in [0.1, 0.15) is 43.2 Å². The van der Waals surface area contributed by atoms with Gasteiger partial charge in [0.25, 0.3) is 0 Å². The van der Waals surface area contributed by atoms with E-state index in [1.165, 1.54) is 30.4 Å². The SMILES string of the molecule is C=Cc1ccc(C(C)C23C=CC(CC2)C3)cc1. The number of rotatable bonds is 3. The molecule has 2 aliphatic rings. The fourth-order valence-electron chi connectivity index (χ4n) is 3.58. The maximum Gasteiger partial charge on any atom is -0.00463 e. The third-order valence-corrected chi connectivity index (χ3v) is 4.86. The standard InChI is InChI=1S/C17H20/c1-3-14-4-6-16(7-5-14)13(2)17-10-8-15(12-17)9-11-17/h3-8,10,13,15H,1,9,11-12H2,2H3. The van der Waals surface area contributed by atoms with Gasteiger partial charge in [0.15, 0.2) is 0 Å². The molecule has 3 rings (SSSR count). The van der Waals surface area contributed by atoms with Crippen molar-refractivity contribution in [1.82, 2.24) is 0 Å². The summed E-state index contributed by atoms with van der Waals surface area (Å²) in [6, 6.07) is 8.91. The Morgan fingerprint density at radius 3 is 2.59 bits per heavy atom. The average Bonchev–Trinajstić information content (AvgIpc) is 2.99. The van der Waals surface area contributed by atoms with E-state index in [9.17, 15) is 0 Å². The summed E-state index contributed by atoms with van der Waals surface area (Å²) < 4.78 is 0. The summed E-state index contributed by atoms with van der Waals surface area (Å²) in [7, 11) is 0. The highest BCUT2D eigenvalue weighted by atomic mass is 14.5. The highest BCUT2D eigenvalue weighted by molar-refractivity contribution is 5.47. The van der Waals surface area contributed by atoms with E-state index in [1.54, 1.807) is 0 Å². The van der Waals surface area contributed by atoms with Gasteiger partial charge < -0.3 is 0 Å². The topological polar surface area (TPSA) is 0 Å². The third kappa shape index (κ3) is 1.67. The molecule has 2 aliphatic carbocycles. The molecule has 2 bridgehead atoms. The summed E-state index contributed by atoms with van der Waals surface area (Å²) in [6.07, 6.45) is 11.0. The lowest BCUT2D eigenvalue weighted by atomic mass is 9.72. The van der Waals surface area contributed by atoms with Crippen molar-refractivity contribution in [2.75, 3.05) is 0 Å². The fraction of sp³-hybridized carbons (Fsp3) is 0.412. The number of benzene rings is 1. The quantitative estimate of drug-likeness (QED) is 0.648. The Hall–Kier alpha value is -1.30. The van der Waals surface area contributed by atoms with Crippen molar-refractivity contribution < 1.29 is 0 Å². The first kappa shape index (κ1) is 10.8. The molecular formula is C17H20. The molecule has 0 heteroatoms. The Morgan fingerprint density at radius 2 is 2.12 bits per heavy atom. The van der Waals surface area contributed by atoms with Crippen LogP contribution in [0.5, 0.6) is 0 Å². The van der Waals surface area contributed by atoms with Gasteiger partial charge in [-0.25, -0.2) is 0 Å². The minimum absolute atomic E-state index is 0.459. The van der Waals surface area contributed by atoms with Crippen LogP contribution in [0.15, 0.2) is 43.0 Å². The first-order chi connectivity index (χ1) is 8.23. The van der Waals surface area contributed by atoms with Gasteiger partial charge in [0, 0.05) is 0 Å². The van der Waals surface area contributed by atoms with E-state index in [4.69, 9.17) is 0 Å². The molecule has 1 fully saturated rings. The van der Waals surface area contributed by atoms with E-state index >= 15 is 0 Å². The molecule has 1 aromatic rings. The Labute approximate surface area is 104 Å². The van der Waals surface area contributed by atoms with Crippen LogP contribution in [0.2, 0.25) is 0 Å². The van der Waals surface area contributed by atoms with E-state index in [1.807, 2.05) is 6.08 Å². The summed E-state index contributed by atoms with van der Waals surface area (Å²) in [6.45, 7) is 6.20. The molecular weight excluding hydrogens is 204 g/mol. The summed E-state index contributed by atoms with van der Waals surface area (Å²) in [5.41, 5.74) is 3.15. The van der Waals surface area contributed by atoms with E-state index in [0.717, 1.165) is 5.92 Å². The number of fused-ring (bicyclic) bond motifs is 2. The van der Waals surface area contributed by atoms with Crippen molar-refractivity contribution in [3.8, 4) is 0 Å². The molecule has 88 valence electrons. The highest BCUT2D eigenvalue weighted by Gasteiger charge is 2.44. The number of allylic oxidation sites excluding steroid dienone is 2. The van der Waals surface area contributed by atoms with E-state index < -0.39 is 0 Å². The molecule has 0 amide bonds. The minimum atomic E-state index is 0.459. The van der Waals surface area contributed by atoms with Gasteiger partial charge in [-0.2, -0.15) is 0 Å². The predicted molar refractivity (Wildman–Crippen MR) is 73.9 cm³/mol. The molecule has 3 atom stereocenters. The van der Waals surface area contributed by atoms with Crippen LogP contribution in [0.4, 0.5) is 0 Å². The van der Waals surface area contributed by atoms with Crippen LogP contribution >= 0.6 is 0 Å². The Balaban J connectivity index is 1.88. The van der Waals surface area contributed by atoms with Crippen molar-refractivity contribution >= 4 is 6.08 Å². The maximum atomic E-state index is 3.81. The van der Waals surface area contributed by atoms with Crippen molar-refractivity contribution in [3.63, 3.8) is 0 Å². The Kier molecular flexibility index (Phi) is 2.47. The van der Waals surface area contributed by atoms with Gasteiger partial charge in [-0.3, -0.25) is 0 Å². The van der Waals surface area contributed by atoms with Gasteiger partial charge in [0.2, 0.25) is 0 Å². The normalized spacial score (nSPS) is 31.7. The first-order valence-electron chi connectivity index (χ1n) is 6.65. The molecule has 0 aromatic heterocycles. The lowest BCUT2D eigenvalue weighted by Gasteiger charge is -2.31. The molecule has 0 aliphatic heterocycles. The predicted octanol–water partition coefficient (Wildman–Crippen LogP) is 4.79. The summed E-state index contributed by atoms with van der Waals surface area (Å²) in [5, 5.41) is 0. The molecule has 0 N–H and O–H groups in total. The molecule has 0 heterocycles. The van der Waals surface area contributed by atoms with Gasteiger partial charge in [0.1, 0.15) is 0 Å². The van der Waals surface area contributed by atoms with E-state index in [0.29, 0.717) is 11.3 Å². The monoisotopic (exact) mass is 224 g/mol. The number of hydrogen-bond donors (Lipinski definition) is 0. The summed E-state index contributed by atoms with van der Waals surface area (Å²) in [4.78, 5) is 0. The van der Waals surface area contributed by atoms with Crippen LogP contribution in [-0.4, -0.2) is 0 Å². The largest absolute Gasteiger partial charge is 0.0985 e. The average molecular weight is 224 g/mol. The van der Waals surface area contributed by atoms with Gasteiger partial charge in [-0.1, -0.05) is 56.0 Å². The zero-order chi connectivity index (χ0) is 11.9. The van der Waals surface area contributed by atoms with Crippen LogP contribution in [0.25, 0.3) is 6.08 Å². The molecule has 1 aromatic carbocycles. The molecule has 0 nitrogen and oxygen atoms in total. The van der Waals surface area contributed by atoms with Gasteiger partial charge in [-0.15, -0.1) is 0 Å². The molecule has 17 heavy (non-hydrogen) atoms. The van der Waals surface area contributed by atoms with Crippen LogP contribution < -0.4 is 0 Å². The van der Waals surface area contributed by atoms with Crippen molar-refractivity contribution in [2.45, 2.75) is 32.1 Å².